The number of esters is 1. The van der Waals surface area contributed by atoms with E-state index in [0.717, 1.165) is 20.3 Å². The van der Waals surface area contributed by atoms with Gasteiger partial charge in [-0.15, -0.1) is 22.7 Å². The third kappa shape index (κ3) is 2.05. The molecule has 4 nitrogen and oxygen atoms in total. The number of methoxy groups -OCH3 is 1. The molecule has 0 bridgehead atoms. The summed E-state index contributed by atoms with van der Waals surface area (Å²) in [7, 11) is 1.35. The van der Waals surface area contributed by atoms with Gasteiger partial charge in [-0.25, -0.2) is 9.78 Å². The molecule has 90 valence electrons. The van der Waals surface area contributed by atoms with Crippen LogP contribution in [0, 0.1) is 13.8 Å². The minimum absolute atomic E-state index is 0.386. The van der Waals surface area contributed by atoms with Gasteiger partial charge in [0.2, 0.25) is 0 Å². The van der Waals surface area contributed by atoms with E-state index < -0.39 is 0 Å². The summed E-state index contributed by atoms with van der Waals surface area (Å²) in [6.07, 6.45) is 1.80. The zero-order valence-electron chi connectivity index (χ0n) is 9.73. The van der Waals surface area contributed by atoms with Gasteiger partial charge in [0, 0.05) is 6.20 Å². The predicted molar refractivity (Wildman–Crippen MR) is 70.7 cm³/mol. The number of thiazole rings is 1. The Bertz CT molecular complexity index is 572. The van der Waals surface area contributed by atoms with Gasteiger partial charge in [-0.2, -0.15) is 0 Å². The smallest absolute Gasteiger partial charge is 0.350 e. The number of ether oxygens (including phenoxy) is 1. The Morgan fingerprint density at radius 3 is 2.65 bits per heavy atom. The Labute approximate surface area is 107 Å². The van der Waals surface area contributed by atoms with Gasteiger partial charge >= 0.3 is 5.97 Å². The van der Waals surface area contributed by atoms with Gasteiger partial charge < -0.3 is 10.5 Å². The molecule has 0 saturated carbocycles. The van der Waals surface area contributed by atoms with Crippen LogP contribution in [0.5, 0.6) is 0 Å². The van der Waals surface area contributed by atoms with Crippen molar-refractivity contribution in [2.45, 2.75) is 13.8 Å². The van der Waals surface area contributed by atoms with Crippen LogP contribution in [0.15, 0.2) is 6.20 Å². The van der Waals surface area contributed by atoms with Crippen LogP contribution in [0.4, 0.5) is 5.69 Å². The van der Waals surface area contributed by atoms with Gasteiger partial charge in [0.1, 0.15) is 4.88 Å². The number of nitrogens with zero attached hydrogens (tertiary/aromatic N) is 1. The average molecular weight is 268 g/mol. The normalized spacial score (nSPS) is 10.5. The molecule has 17 heavy (non-hydrogen) atoms. The van der Waals surface area contributed by atoms with E-state index in [2.05, 4.69) is 4.98 Å². The van der Waals surface area contributed by atoms with Gasteiger partial charge in [0.25, 0.3) is 0 Å². The zero-order chi connectivity index (χ0) is 12.6. The summed E-state index contributed by atoms with van der Waals surface area (Å²) in [5, 5.41) is 0.992. The zero-order valence-corrected chi connectivity index (χ0v) is 11.4. The molecule has 0 aliphatic heterocycles. The second kappa shape index (κ2) is 4.46. The van der Waals surface area contributed by atoms with E-state index in [0.29, 0.717) is 10.6 Å². The molecule has 0 aliphatic carbocycles. The Morgan fingerprint density at radius 1 is 1.41 bits per heavy atom. The molecule has 0 unspecified atom stereocenters. The SMILES string of the molecule is COC(=O)c1sc(-c2cnc(C)s2)c(C)c1N. The predicted octanol–water partition coefficient (Wildman–Crippen LogP) is 2.86. The number of rotatable bonds is 2. The van der Waals surface area contributed by atoms with Crippen LogP contribution >= 0.6 is 22.7 Å². The maximum atomic E-state index is 11.5. The molecule has 2 aromatic rings. The lowest BCUT2D eigenvalue weighted by Crippen LogP contribution is -2.01. The lowest BCUT2D eigenvalue weighted by molar-refractivity contribution is 0.0607. The van der Waals surface area contributed by atoms with Gasteiger partial charge in [0.05, 0.1) is 27.6 Å². The van der Waals surface area contributed by atoms with Crippen molar-refractivity contribution in [2.24, 2.45) is 0 Å². The molecule has 0 fully saturated rings. The summed E-state index contributed by atoms with van der Waals surface area (Å²) in [4.78, 5) is 18.2. The second-order valence-corrected chi connectivity index (χ2v) is 5.79. The average Bonchev–Trinajstić information content (AvgIpc) is 2.85. The fourth-order valence-corrected chi connectivity index (χ4v) is 3.55. The van der Waals surface area contributed by atoms with E-state index in [4.69, 9.17) is 10.5 Å². The number of nitrogen functional groups attached to an aromatic ring is 1. The van der Waals surface area contributed by atoms with Gasteiger partial charge in [-0.3, -0.25) is 0 Å². The molecular formula is C11H12N2O2S2. The lowest BCUT2D eigenvalue weighted by Gasteiger charge is -1.96. The van der Waals surface area contributed by atoms with Crippen molar-refractivity contribution in [3.8, 4) is 9.75 Å². The standard InChI is InChI=1S/C11H12N2O2S2/c1-5-8(12)10(11(14)15-3)17-9(5)7-4-13-6(2)16-7/h4H,12H2,1-3H3. The molecule has 6 heteroatoms. The van der Waals surface area contributed by atoms with Crippen molar-refractivity contribution in [3.05, 3.63) is 21.6 Å². The summed E-state index contributed by atoms with van der Waals surface area (Å²) in [5.74, 6) is -0.386. The van der Waals surface area contributed by atoms with Crippen molar-refractivity contribution in [1.82, 2.24) is 4.98 Å². The quantitative estimate of drug-likeness (QED) is 0.851. The topological polar surface area (TPSA) is 65.2 Å². The first kappa shape index (κ1) is 12.1. The number of aromatic nitrogens is 1. The van der Waals surface area contributed by atoms with Crippen molar-refractivity contribution in [3.63, 3.8) is 0 Å². The maximum Gasteiger partial charge on any atom is 0.350 e. The molecule has 2 heterocycles. The monoisotopic (exact) mass is 268 g/mol. The highest BCUT2D eigenvalue weighted by molar-refractivity contribution is 7.23. The highest BCUT2D eigenvalue weighted by Crippen LogP contribution is 2.40. The molecule has 2 aromatic heterocycles. The summed E-state index contributed by atoms with van der Waals surface area (Å²) in [6.45, 7) is 3.85. The number of hydrogen-bond acceptors (Lipinski definition) is 6. The van der Waals surface area contributed by atoms with E-state index in [1.165, 1.54) is 18.4 Å². The summed E-state index contributed by atoms with van der Waals surface area (Å²) in [5.41, 5.74) is 7.34. The fraction of sp³-hybridized carbons (Fsp3) is 0.273. The Morgan fingerprint density at radius 2 is 2.12 bits per heavy atom. The van der Waals surface area contributed by atoms with Crippen molar-refractivity contribution in [1.29, 1.82) is 0 Å². The third-order valence-corrected chi connectivity index (χ3v) is 4.79. The first-order valence-electron chi connectivity index (χ1n) is 4.94. The maximum absolute atomic E-state index is 11.5. The molecule has 0 aromatic carbocycles. The van der Waals surface area contributed by atoms with Crippen LogP contribution < -0.4 is 5.73 Å². The van der Waals surface area contributed by atoms with Crippen LogP contribution in [-0.2, 0) is 4.74 Å². The summed E-state index contributed by atoms with van der Waals surface area (Å²) >= 11 is 2.94. The number of carbonyl (C=O) groups excluding carboxylic acids is 1. The molecule has 0 radical (unpaired) electrons. The molecule has 0 saturated heterocycles. The highest BCUT2D eigenvalue weighted by Gasteiger charge is 2.20. The molecule has 0 amide bonds. The summed E-state index contributed by atoms with van der Waals surface area (Å²) < 4.78 is 4.71. The fourth-order valence-electron chi connectivity index (χ4n) is 1.47. The number of hydrogen-bond donors (Lipinski definition) is 1. The molecule has 0 aliphatic rings. The Hall–Kier alpha value is -1.40. The number of carbonyl (C=O) groups is 1. The van der Waals surface area contributed by atoms with E-state index in [-0.39, 0.29) is 5.97 Å². The first-order chi connectivity index (χ1) is 8.04. The largest absolute Gasteiger partial charge is 0.465 e. The van der Waals surface area contributed by atoms with Crippen LogP contribution in [0.1, 0.15) is 20.2 Å². The minimum Gasteiger partial charge on any atom is -0.465 e. The Balaban J connectivity index is 2.53. The van der Waals surface area contributed by atoms with Crippen LogP contribution in [0.2, 0.25) is 0 Å². The van der Waals surface area contributed by atoms with Crippen molar-refractivity contribution in [2.75, 3.05) is 12.8 Å². The number of thiophene rings is 1. The van der Waals surface area contributed by atoms with E-state index in [1.54, 1.807) is 17.5 Å². The number of nitrogens with two attached hydrogens (primary N) is 1. The van der Waals surface area contributed by atoms with Crippen molar-refractivity contribution < 1.29 is 9.53 Å². The molecule has 2 N–H and O–H groups in total. The number of aryl methyl sites for hydroxylation is 1. The Kier molecular flexibility index (Phi) is 3.17. The van der Waals surface area contributed by atoms with Crippen molar-refractivity contribution >= 4 is 34.3 Å². The highest BCUT2D eigenvalue weighted by atomic mass is 32.1. The number of anilines is 1. The van der Waals surface area contributed by atoms with Crippen LogP contribution in [0.3, 0.4) is 0 Å². The summed E-state index contributed by atoms with van der Waals surface area (Å²) in [6, 6.07) is 0. The molecule has 0 spiro atoms. The molecule has 2 rings (SSSR count). The third-order valence-electron chi connectivity index (χ3n) is 2.41. The van der Waals surface area contributed by atoms with Gasteiger partial charge in [-0.05, 0) is 19.4 Å². The molecule has 0 atom stereocenters. The lowest BCUT2D eigenvalue weighted by atomic mass is 10.2. The van der Waals surface area contributed by atoms with Crippen LogP contribution in [-0.4, -0.2) is 18.1 Å². The van der Waals surface area contributed by atoms with Gasteiger partial charge in [0.15, 0.2) is 0 Å². The van der Waals surface area contributed by atoms with Gasteiger partial charge in [-0.1, -0.05) is 0 Å². The van der Waals surface area contributed by atoms with E-state index in [1.807, 2.05) is 13.8 Å². The minimum atomic E-state index is -0.386. The molecular weight excluding hydrogens is 256 g/mol. The first-order valence-corrected chi connectivity index (χ1v) is 6.58. The van der Waals surface area contributed by atoms with E-state index >= 15 is 0 Å². The van der Waals surface area contributed by atoms with Crippen LogP contribution in [0.25, 0.3) is 9.75 Å². The van der Waals surface area contributed by atoms with E-state index in [9.17, 15) is 4.79 Å². The second-order valence-electron chi connectivity index (χ2n) is 3.53.